The number of rotatable bonds is 5. The lowest BCUT2D eigenvalue weighted by atomic mass is 9.89. The Morgan fingerprint density at radius 3 is 2.92 bits per heavy atom. The van der Waals surface area contributed by atoms with Crippen molar-refractivity contribution in [1.29, 1.82) is 0 Å². The number of hydrogen-bond donors (Lipinski definition) is 2. The minimum Gasteiger partial charge on any atom is -0.390 e. The van der Waals surface area contributed by atoms with Gasteiger partial charge in [-0.15, -0.1) is 0 Å². The molecule has 0 radical (unpaired) electrons. The minimum atomic E-state index is -0.300. The van der Waals surface area contributed by atoms with E-state index in [-0.39, 0.29) is 6.10 Å². The van der Waals surface area contributed by atoms with Crippen LogP contribution in [0.1, 0.15) is 49.6 Å². The van der Waals surface area contributed by atoms with Crippen molar-refractivity contribution in [2.75, 3.05) is 19.6 Å². The number of nitrogens with one attached hydrogen (secondary N) is 1. The van der Waals surface area contributed by atoms with Gasteiger partial charge in [-0.25, -0.2) is 0 Å². The van der Waals surface area contributed by atoms with Crippen LogP contribution in [-0.4, -0.2) is 46.4 Å². The van der Waals surface area contributed by atoms with Crippen LogP contribution >= 0.6 is 0 Å². The standard InChI is InChI=1S/C21H31N3O/c1-14(2)22-12-16(25)13-23-9-10-24-19-8-7-15(3)11-18(19)17-5-4-6-20(23)21(17)24/h7-8,11,14,16,20,22,25H,4-6,9-10,12-13H2,1-3H3/t16-,20+/m1/s1. The molecule has 0 saturated heterocycles. The molecule has 2 aromatic rings. The monoisotopic (exact) mass is 341 g/mol. The van der Waals surface area contributed by atoms with Crippen LogP contribution in [0.2, 0.25) is 0 Å². The van der Waals surface area contributed by atoms with Gasteiger partial charge in [0.1, 0.15) is 0 Å². The van der Waals surface area contributed by atoms with Crippen molar-refractivity contribution in [2.45, 2.75) is 64.8 Å². The topological polar surface area (TPSA) is 40.4 Å². The first-order chi connectivity index (χ1) is 12.0. The summed E-state index contributed by atoms with van der Waals surface area (Å²) in [5, 5.41) is 15.3. The minimum absolute atomic E-state index is 0.300. The van der Waals surface area contributed by atoms with E-state index in [1.165, 1.54) is 41.4 Å². The fraction of sp³-hybridized carbons (Fsp3) is 0.619. The highest BCUT2D eigenvalue weighted by Crippen LogP contribution is 2.42. The van der Waals surface area contributed by atoms with Gasteiger partial charge in [-0.2, -0.15) is 0 Å². The number of aromatic nitrogens is 1. The predicted molar refractivity (Wildman–Crippen MR) is 103 cm³/mol. The van der Waals surface area contributed by atoms with Crippen LogP contribution in [0.3, 0.4) is 0 Å². The van der Waals surface area contributed by atoms with Crippen LogP contribution < -0.4 is 5.32 Å². The molecule has 2 atom stereocenters. The molecule has 25 heavy (non-hydrogen) atoms. The molecule has 4 rings (SSSR count). The second-order valence-corrected chi connectivity index (χ2v) is 8.16. The molecule has 0 saturated carbocycles. The summed E-state index contributed by atoms with van der Waals surface area (Å²) in [6, 6.07) is 7.79. The zero-order valence-electron chi connectivity index (χ0n) is 15.8. The molecule has 0 bridgehead atoms. The summed E-state index contributed by atoms with van der Waals surface area (Å²) in [6.07, 6.45) is 3.36. The van der Waals surface area contributed by atoms with Crippen LogP contribution in [0.15, 0.2) is 18.2 Å². The van der Waals surface area contributed by atoms with Crippen LogP contribution in [-0.2, 0) is 13.0 Å². The summed E-state index contributed by atoms with van der Waals surface area (Å²) in [4.78, 5) is 2.52. The summed E-state index contributed by atoms with van der Waals surface area (Å²) >= 11 is 0. The fourth-order valence-corrected chi connectivity index (χ4v) is 4.72. The fourth-order valence-electron chi connectivity index (χ4n) is 4.72. The largest absolute Gasteiger partial charge is 0.390 e. The first-order valence-corrected chi connectivity index (χ1v) is 9.81. The van der Waals surface area contributed by atoms with E-state index in [0.29, 0.717) is 18.6 Å². The van der Waals surface area contributed by atoms with Crippen LogP contribution in [0.4, 0.5) is 0 Å². The van der Waals surface area contributed by atoms with E-state index in [1.54, 1.807) is 5.56 Å². The Balaban J connectivity index is 1.62. The molecule has 136 valence electrons. The third-order valence-corrected chi connectivity index (χ3v) is 5.85. The molecule has 0 amide bonds. The third-order valence-electron chi connectivity index (χ3n) is 5.85. The van der Waals surface area contributed by atoms with Gasteiger partial charge in [-0.3, -0.25) is 4.90 Å². The summed E-state index contributed by atoms with van der Waals surface area (Å²) in [6.45, 7) is 9.96. The van der Waals surface area contributed by atoms with Gasteiger partial charge in [0.05, 0.1) is 12.1 Å². The molecule has 2 heterocycles. The Hall–Kier alpha value is -1.36. The maximum atomic E-state index is 10.5. The van der Waals surface area contributed by atoms with Crippen molar-refractivity contribution in [3.8, 4) is 0 Å². The number of hydrogen-bond acceptors (Lipinski definition) is 3. The lowest BCUT2D eigenvalue weighted by molar-refractivity contribution is 0.0631. The highest BCUT2D eigenvalue weighted by Gasteiger charge is 2.35. The summed E-state index contributed by atoms with van der Waals surface area (Å²) < 4.78 is 2.56. The van der Waals surface area contributed by atoms with Crippen molar-refractivity contribution in [1.82, 2.24) is 14.8 Å². The number of aliphatic hydroxyl groups is 1. The van der Waals surface area contributed by atoms with E-state index in [1.807, 2.05) is 0 Å². The molecular weight excluding hydrogens is 310 g/mol. The number of nitrogens with zero attached hydrogens (tertiary/aromatic N) is 2. The second kappa shape index (κ2) is 6.75. The molecule has 0 spiro atoms. The van der Waals surface area contributed by atoms with E-state index in [9.17, 15) is 5.11 Å². The van der Waals surface area contributed by atoms with Gasteiger partial charge in [0, 0.05) is 48.8 Å². The number of fused-ring (bicyclic) bond motifs is 3. The molecule has 1 aliphatic heterocycles. The molecule has 1 aromatic carbocycles. The normalized spacial score (nSPS) is 21.7. The molecule has 2 aliphatic rings. The van der Waals surface area contributed by atoms with E-state index >= 15 is 0 Å². The van der Waals surface area contributed by atoms with Crippen molar-refractivity contribution >= 4 is 10.9 Å². The first kappa shape index (κ1) is 17.1. The quantitative estimate of drug-likeness (QED) is 0.878. The van der Waals surface area contributed by atoms with Crippen molar-refractivity contribution in [3.63, 3.8) is 0 Å². The van der Waals surface area contributed by atoms with Crippen LogP contribution in [0, 0.1) is 6.92 Å². The SMILES string of the molecule is Cc1ccc2c(c1)c1c3n2CCN(C[C@H](O)CNC(C)C)[C@H]3CCC1. The molecule has 4 nitrogen and oxygen atoms in total. The van der Waals surface area contributed by atoms with Gasteiger partial charge in [-0.1, -0.05) is 25.5 Å². The van der Waals surface area contributed by atoms with Crippen molar-refractivity contribution in [3.05, 3.63) is 35.0 Å². The van der Waals surface area contributed by atoms with E-state index < -0.39 is 0 Å². The van der Waals surface area contributed by atoms with Crippen LogP contribution in [0.25, 0.3) is 10.9 Å². The zero-order chi connectivity index (χ0) is 17.6. The van der Waals surface area contributed by atoms with Gasteiger partial charge in [0.2, 0.25) is 0 Å². The van der Waals surface area contributed by atoms with Gasteiger partial charge in [0.15, 0.2) is 0 Å². The predicted octanol–water partition coefficient (Wildman–Crippen LogP) is 3.00. The Kier molecular flexibility index (Phi) is 4.61. The van der Waals surface area contributed by atoms with Crippen molar-refractivity contribution < 1.29 is 5.11 Å². The maximum absolute atomic E-state index is 10.5. The Labute approximate surface area is 150 Å². The van der Waals surface area contributed by atoms with E-state index in [4.69, 9.17) is 0 Å². The first-order valence-electron chi connectivity index (χ1n) is 9.81. The lowest BCUT2D eigenvalue weighted by Crippen LogP contribution is -2.46. The van der Waals surface area contributed by atoms with E-state index in [2.05, 4.69) is 53.8 Å². The van der Waals surface area contributed by atoms with Gasteiger partial charge >= 0.3 is 0 Å². The summed E-state index contributed by atoms with van der Waals surface area (Å²) in [7, 11) is 0. The molecule has 1 aromatic heterocycles. The zero-order valence-corrected chi connectivity index (χ0v) is 15.8. The van der Waals surface area contributed by atoms with Gasteiger partial charge in [-0.05, 0) is 43.9 Å². The number of aryl methyl sites for hydroxylation is 2. The molecule has 2 N–H and O–H groups in total. The number of aliphatic hydroxyl groups excluding tert-OH is 1. The number of benzene rings is 1. The lowest BCUT2D eigenvalue weighted by Gasteiger charge is -2.40. The average molecular weight is 341 g/mol. The van der Waals surface area contributed by atoms with Gasteiger partial charge < -0.3 is 15.0 Å². The number of β-amino-alcohol motifs (C(OH)–C–C–N with tert-alkyl or cyclic N) is 1. The Morgan fingerprint density at radius 2 is 2.12 bits per heavy atom. The third kappa shape index (κ3) is 3.12. The van der Waals surface area contributed by atoms with Crippen molar-refractivity contribution in [2.24, 2.45) is 0 Å². The molecule has 0 unspecified atom stereocenters. The molecular formula is C21H31N3O. The highest BCUT2D eigenvalue weighted by atomic mass is 16.3. The smallest absolute Gasteiger partial charge is 0.0791 e. The molecule has 1 aliphatic carbocycles. The van der Waals surface area contributed by atoms with E-state index in [0.717, 1.165) is 19.6 Å². The second-order valence-electron chi connectivity index (χ2n) is 8.16. The molecule has 0 fully saturated rings. The van der Waals surface area contributed by atoms with Gasteiger partial charge in [0.25, 0.3) is 0 Å². The Bertz CT molecular complexity index is 764. The summed E-state index contributed by atoms with van der Waals surface area (Å²) in [5.74, 6) is 0. The maximum Gasteiger partial charge on any atom is 0.0791 e. The van der Waals surface area contributed by atoms with Crippen LogP contribution in [0.5, 0.6) is 0 Å². The average Bonchev–Trinajstić information content (AvgIpc) is 2.90. The molecule has 4 heteroatoms. The summed E-state index contributed by atoms with van der Waals surface area (Å²) in [5.41, 5.74) is 5.85. The highest BCUT2D eigenvalue weighted by molar-refractivity contribution is 5.87. The Morgan fingerprint density at radius 1 is 1.28 bits per heavy atom.